The van der Waals surface area contributed by atoms with Crippen LogP contribution in [0, 0.1) is 24.0 Å². The molecule has 0 aliphatic carbocycles. The van der Waals surface area contributed by atoms with Crippen LogP contribution in [0.2, 0.25) is 0 Å². The molecule has 0 radical (unpaired) electrons. The number of likely N-dealkylation sites (N-methyl/N-ethyl adjacent to an activating group) is 1. The van der Waals surface area contributed by atoms with E-state index in [9.17, 15) is 19.7 Å². The van der Waals surface area contributed by atoms with Gasteiger partial charge in [-0.05, 0) is 37.1 Å². The molecule has 142 valence electrons. The molecule has 27 heavy (non-hydrogen) atoms. The molecular weight excluding hydrogens is 352 g/mol. The fraction of sp³-hybridized carbons (Fsp3) is 0.263. The maximum absolute atomic E-state index is 12.1. The molecule has 1 aromatic heterocycles. The summed E-state index contributed by atoms with van der Waals surface area (Å²) in [4.78, 5) is 35.1. The van der Waals surface area contributed by atoms with Crippen molar-refractivity contribution in [3.8, 4) is 0 Å². The van der Waals surface area contributed by atoms with Gasteiger partial charge in [0.05, 0.1) is 6.07 Å². The second-order valence-corrected chi connectivity index (χ2v) is 6.05. The molecule has 8 nitrogen and oxygen atoms in total. The second kappa shape index (κ2) is 8.79. The fourth-order valence-corrected chi connectivity index (χ4v) is 2.34. The molecule has 0 aliphatic rings. The van der Waals surface area contributed by atoms with E-state index >= 15 is 0 Å². The lowest BCUT2D eigenvalue weighted by Crippen LogP contribution is -2.30. The van der Waals surface area contributed by atoms with Gasteiger partial charge in [-0.15, -0.1) is 0 Å². The van der Waals surface area contributed by atoms with Gasteiger partial charge in [0.25, 0.3) is 5.91 Å². The van der Waals surface area contributed by atoms with Gasteiger partial charge >= 0.3 is 11.9 Å². The average molecular weight is 372 g/mol. The molecule has 2 aromatic rings. The number of amides is 1. The number of nitrogens with zero attached hydrogens (tertiary/aromatic N) is 2. The molecule has 0 saturated carbocycles. The summed E-state index contributed by atoms with van der Waals surface area (Å²) in [5.41, 5.74) is 3.25. The molecule has 0 aliphatic heterocycles. The molecule has 8 heteroatoms. The Morgan fingerprint density at radius 1 is 1.26 bits per heavy atom. The van der Waals surface area contributed by atoms with E-state index < -0.39 is 23.4 Å². The number of carbonyl (C=O) groups is 2. The van der Waals surface area contributed by atoms with Gasteiger partial charge in [0.1, 0.15) is 10.7 Å². The molecule has 0 spiro atoms. The van der Waals surface area contributed by atoms with Crippen LogP contribution < -0.4 is 0 Å². The number of hydrogen-bond donors (Lipinski definition) is 0. The maximum Gasteiger partial charge on any atom is 0.433 e. The summed E-state index contributed by atoms with van der Waals surface area (Å²) in [6.45, 7) is 3.99. The Balaban J connectivity index is 1.83. The van der Waals surface area contributed by atoms with E-state index in [0.29, 0.717) is 6.54 Å². The van der Waals surface area contributed by atoms with Crippen LogP contribution in [0.3, 0.4) is 0 Å². The van der Waals surface area contributed by atoms with E-state index in [4.69, 9.17) is 9.15 Å². The van der Waals surface area contributed by atoms with Crippen molar-refractivity contribution < 1.29 is 23.7 Å². The average Bonchev–Trinajstić information content (AvgIpc) is 3.09. The van der Waals surface area contributed by atoms with Crippen molar-refractivity contribution in [1.82, 2.24) is 4.90 Å². The van der Waals surface area contributed by atoms with Gasteiger partial charge < -0.3 is 14.1 Å². The van der Waals surface area contributed by atoms with E-state index in [0.717, 1.165) is 22.8 Å². The lowest BCUT2D eigenvalue weighted by Gasteiger charge is -2.18. The summed E-state index contributed by atoms with van der Waals surface area (Å²) in [5.74, 6) is -1.38. The zero-order chi connectivity index (χ0) is 20.0. The van der Waals surface area contributed by atoms with Gasteiger partial charge in [-0.1, -0.05) is 23.8 Å². The Hall–Kier alpha value is -3.42. The number of esters is 1. The van der Waals surface area contributed by atoms with Crippen LogP contribution in [-0.2, 0) is 20.9 Å². The van der Waals surface area contributed by atoms with Crippen molar-refractivity contribution in [2.75, 3.05) is 13.7 Å². The Morgan fingerprint density at radius 2 is 2.00 bits per heavy atom. The topological polar surface area (TPSA) is 103 Å². The lowest BCUT2D eigenvalue weighted by atomic mass is 10.1. The molecule has 0 fully saturated rings. The van der Waals surface area contributed by atoms with Crippen molar-refractivity contribution in [2.45, 2.75) is 20.4 Å². The first kappa shape index (κ1) is 19.9. The first-order valence-electron chi connectivity index (χ1n) is 8.15. The summed E-state index contributed by atoms with van der Waals surface area (Å²) in [6, 6.07) is 8.51. The zero-order valence-electron chi connectivity index (χ0n) is 15.3. The van der Waals surface area contributed by atoms with Crippen LogP contribution in [0.15, 0.2) is 40.8 Å². The number of aryl methyl sites for hydroxylation is 2. The highest BCUT2D eigenvalue weighted by molar-refractivity contribution is 5.88. The molecule has 2 rings (SSSR count). The van der Waals surface area contributed by atoms with E-state index in [2.05, 4.69) is 0 Å². The third-order valence-electron chi connectivity index (χ3n) is 3.85. The van der Waals surface area contributed by atoms with Crippen LogP contribution >= 0.6 is 0 Å². The first-order valence-corrected chi connectivity index (χ1v) is 8.15. The van der Waals surface area contributed by atoms with Crippen LogP contribution in [0.4, 0.5) is 5.88 Å². The standard InChI is InChI=1S/C19H20N2O6/c1-13-4-5-15(14(2)10-13)11-20(3)17(22)12-26-19(23)9-7-16-6-8-18(27-16)21(24)25/h4-10H,11-12H2,1-3H3/b9-7+. The van der Waals surface area contributed by atoms with Crippen LogP contribution in [0.25, 0.3) is 6.08 Å². The minimum Gasteiger partial charge on any atom is -0.452 e. The fourth-order valence-electron chi connectivity index (χ4n) is 2.34. The number of carbonyl (C=O) groups excluding carboxylic acids is 2. The van der Waals surface area contributed by atoms with Gasteiger partial charge in [0, 0.05) is 19.7 Å². The quantitative estimate of drug-likeness (QED) is 0.320. The predicted octanol–water partition coefficient (Wildman–Crippen LogP) is 3.02. The molecule has 1 amide bonds. The molecule has 1 heterocycles. The highest BCUT2D eigenvalue weighted by Gasteiger charge is 2.13. The maximum atomic E-state index is 12.1. The third kappa shape index (κ3) is 5.81. The van der Waals surface area contributed by atoms with Crippen molar-refractivity contribution >= 4 is 23.8 Å². The van der Waals surface area contributed by atoms with Gasteiger partial charge in [-0.25, -0.2) is 4.79 Å². The largest absolute Gasteiger partial charge is 0.452 e. The monoisotopic (exact) mass is 372 g/mol. The van der Waals surface area contributed by atoms with E-state index in [1.807, 2.05) is 32.0 Å². The molecule has 1 aromatic carbocycles. The molecule has 0 atom stereocenters. The Labute approximate surface area is 156 Å². The minimum atomic E-state index is -0.748. The SMILES string of the molecule is Cc1ccc(CN(C)C(=O)COC(=O)/C=C/c2ccc([N+](=O)[O-])o2)c(C)c1. The van der Waals surface area contributed by atoms with Crippen LogP contribution in [0.1, 0.15) is 22.5 Å². The molecule has 0 bridgehead atoms. The summed E-state index contributed by atoms with van der Waals surface area (Å²) in [6.07, 6.45) is 2.28. The van der Waals surface area contributed by atoms with Crippen molar-refractivity contribution in [3.05, 3.63) is 69.0 Å². The van der Waals surface area contributed by atoms with E-state index in [1.165, 1.54) is 23.1 Å². The van der Waals surface area contributed by atoms with Gasteiger partial charge in [0.2, 0.25) is 0 Å². The summed E-state index contributed by atoms with van der Waals surface area (Å²) >= 11 is 0. The third-order valence-corrected chi connectivity index (χ3v) is 3.85. The highest BCUT2D eigenvalue weighted by Crippen LogP contribution is 2.16. The Kier molecular flexibility index (Phi) is 6.48. The van der Waals surface area contributed by atoms with Crippen LogP contribution in [-0.4, -0.2) is 35.4 Å². The van der Waals surface area contributed by atoms with E-state index in [1.54, 1.807) is 7.05 Å². The summed E-state index contributed by atoms with van der Waals surface area (Å²) < 4.78 is 9.77. The van der Waals surface area contributed by atoms with Gasteiger partial charge in [0.15, 0.2) is 6.61 Å². The lowest BCUT2D eigenvalue weighted by molar-refractivity contribution is -0.402. The number of nitro groups is 1. The number of rotatable bonds is 7. The summed E-state index contributed by atoms with van der Waals surface area (Å²) in [7, 11) is 1.63. The van der Waals surface area contributed by atoms with Crippen LogP contribution in [0.5, 0.6) is 0 Å². The predicted molar refractivity (Wildman–Crippen MR) is 97.7 cm³/mol. The highest BCUT2D eigenvalue weighted by atomic mass is 16.6. The molecule has 0 N–H and O–H groups in total. The van der Waals surface area contributed by atoms with E-state index in [-0.39, 0.29) is 11.7 Å². The number of ether oxygens (including phenoxy) is 1. The minimum absolute atomic E-state index is 0.136. The van der Waals surface area contributed by atoms with Crippen molar-refractivity contribution in [1.29, 1.82) is 0 Å². The second-order valence-electron chi connectivity index (χ2n) is 6.05. The molecule has 0 saturated heterocycles. The van der Waals surface area contributed by atoms with Gasteiger partial charge in [-0.2, -0.15) is 0 Å². The molecular formula is C19H20N2O6. The Bertz CT molecular complexity index is 884. The van der Waals surface area contributed by atoms with Gasteiger partial charge in [-0.3, -0.25) is 14.9 Å². The normalized spacial score (nSPS) is 10.8. The number of hydrogen-bond acceptors (Lipinski definition) is 6. The summed E-state index contributed by atoms with van der Waals surface area (Å²) in [5, 5.41) is 10.5. The van der Waals surface area contributed by atoms with Crippen molar-refractivity contribution in [3.63, 3.8) is 0 Å². The molecule has 0 unspecified atom stereocenters. The zero-order valence-corrected chi connectivity index (χ0v) is 15.3. The Morgan fingerprint density at radius 3 is 2.63 bits per heavy atom. The smallest absolute Gasteiger partial charge is 0.433 e. The number of benzene rings is 1. The number of furan rings is 1. The first-order chi connectivity index (χ1) is 12.8. The van der Waals surface area contributed by atoms with Crippen molar-refractivity contribution in [2.24, 2.45) is 0 Å².